The highest BCUT2D eigenvalue weighted by Gasteiger charge is 2.28. The average molecular weight is 238 g/mol. The molecule has 0 aromatic heterocycles. The van der Waals surface area contributed by atoms with Gasteiger partial charge in [-0.05, 0) is 43.4 Å². The fraction of sp³-hybridized carbons (Fsp3) is 0.714. The molecule has 52 valence electrons. The largest absolute Gasteiger partial charge is 0.491 e. The first kappa shape index (κ1) is 7.38. The van der Waals surface area contributed by atoms with Crippen molar-refractivity contribution in [2.45, 2.75) is 32.8 Å². The Labute approximate surface area is 69.6 Å². The maximum absolute atomic E-state index is 5.53. The van der Waals surface area contributed by atoms with Crippen LogP contribution in [0.5, 0.6) is 0 Å². The molecule has 1 aliphatic rings. The summed E-state index contributed by atoms with van der Waals surface area (Å²) in [7, 11) is 0. The third-order valence-corrected chi connectivity index (χ3v) is 2.53. The van der Waals surface area contributed by atoms with Crippen molar-refractivity contribution in [3.8, 4) is 0 Å². The molecular formula is C7H11IO. The first-order valence-electron chi connectivity index (χ1n) is 3.05. The molecule has 0 aromatic rings. The standard InChI is InChI=1S/C7H11IO/c1-5-6(8)4-7(2,3)9-5/h4H2,1-3H3. The summed E-state index contributed by atoms with van der Waals surface area (Å²) in [6.07, 6.45) is 1.07. The zero-order valence-corrected chi connectivity index (χ0v) is 8.15. The van der Waals surface area contributed by atoms with Crippen LogP contribution in [0.2, 0.25) is 0 Å². The molecule has 0 N–H and O–H groups in total. The SMILES string of the molecule is CC1=C(I)CC(C)(C)O1. The lowest BCUT2D eigenvalue weighted by atomic mass is 10.1. The fourth-order valence-corrected chi connectivity index (χ4v) is 2.03. The molecule has 0 saturated carbocycles. The summed E-state index contributed by atoms with van der Waals surface area (Å²) in [5, 5.41) is 0. The van der Waals surface area contributed by atoms with Crippen LogP contribution in [0.25, 0.3) is 0 Å². The first-order valence-corrected chi connectivity index (χ1v) is 4.13. The molecule has 0 amide bonds. The first-order chi connectivity index (χ1) is 4.01. The summed E-state index contributed by atoms with van der Waals surface area (Å²) in [4.78, 5) is 0. The van der Waals surface area contributed by atoms with Gasteiger partial charge in [-0.3, -0.25) is 0 Å². The van der Waals surface area contributed by atoms with Crippen LogP contribution >= 0.6 is 22.6 Å². The summed E-state index contributed by atoms with van der Waals surface area (Å²) in [6, 6.07) is 0. The van der Waals surface area contributed by atoms with E-state index in [0.717, 1.165) is 12.2 Å². The van der Waals surface area contributed by atoms with Crippen LogP contribution in [0.1, 0.15) is 27.2 Å². The zero-order chi connectivity index (χ0) is 7.07. The molecule has 0 unspecified atom stereocenters. The zero-order valence-electron chi connectivity index (χ0n) is 5.99. The molecule has 0 aliphatic carbocycles. The number of ether oxygens (including phenoxy) is 1. The number of halogens is 1. The van der Waals surface area contributed by atoms with E-state index in [9.17, 15) is 0 Å². The van der Waals surface area contributed by atoms with E-state index < -0.39 is 0 Å². The van der Waals surface area contributed by atoms with Crippen molar-refractivity contribution in [2.75, 3.05) is 0 Å². The van der Waals surface area contributed by atoms with Crippen LogP contribution in [0.4, 0.5) is 0 Å². The minimum absolute atomic E-state index is 0.0562. The minimum atomic E-state index is 0.0562. The van der Waals surface area contributed by atoms with Gasteiger partial charge in [0.15, 0.2) is 0 Å². The highest BCUT2D eigenvalue weighted by molar-refractivity contribution is 14.1. The van der Waals surface area contributed by atoms with E-state index in [1.807, 2.05) is 6.92 Å². The molecule has 0 fully saturated rings. The molecule has 1 aliphatic heterocycles. The molecule has 0 saturated heterocycles. The Bertz CT molecular complexity index is 142. The fourth-order valence-electron chi connectivity index (χ4n) is 1.00. The minimum Gasteiger partial charge on any atom is -0.491 e. The van der Waals surface area contributed by atoms with E-state index in [0.29, 0.717) is 0 Å². The molecule has 0 atom stereocenters. The van der Waals surface area contributed by atoms with Crippen molar-refractivity contribution in [1.82, 2.24) is 0 Å². The molecule has 9 heavy (non-hydrogen) atoms. The van der Waals surface area contributed by atoms with Crippen LogP contribution in [-0.2, 0) is 4.74 Å². The predicted molar refractivity (Wildman–Crippen MR) is 46.5 cm³/mol. The van der Waals surface area contributed by atoms with Gasteiger partial charge < -0.3 is 4.74 Å². The smallest absolute Gasteiger partial charge is 0.108 e. The van der Waals surface area contributed by atoms with E-state index in [1.54, 1.807) is 0 Å². The highest BCUT2D eigenvalue weighted by Crippen LogP contribution is 2.36. The molecule has 0 aromatic carbocycles. The predicted octanol–water partition coefficient (Wildman–Crippen LogP) is 2.85. The summed E-state index contributed by atoms with van der Waals surface area (Å²) in [5.41, 5.74) is 0.0562. The van der Waals surface area contributed by atoms with Gasteiger partial charge in [0.2, 0.25) is 0 Å². The van der Waals surface area contributed by atoms with Gasteiger partial charge in [-0.15, -0.1) is 0 Å². The van der Waals surface area contributed by atoms with Crippen LogP contribution in [0.3, 0.4) is 0 Å². The second kappa shape index (κ2) is 2.15. The third kappa shape index (κ3) is 1.60. The Hall–Kier alpha value is 0.270. The van der Waals surface area contributed by atoms with Gasteiger partial charge in [-0.2, -0.15) is 0 Å². The van der Waals surface area contributed by atoms with Gasteiger partial charge in [0.05, 0.1) is 0 Å². The van der Waals surface area contributed by atoms with Crippen molar-refractivity contribution in [3.05, 3.63) is 9.34 Å². The number of hydrogen-bond donors (Lipinski definition) is 0. The Kier molecular flexibility index (Phi) is 1.76. The van der Waals surface area contributed by atoms with Gasteiger partial charge in [-0.25, -0.2) is 0 Å². The number of hydrogen-bond acceptors (Lipinski definition) is 1. The lowest BCUT2D eigenvalue weighted by Crippen LogP contribution is -2.17. The van der Waals surface area contributed by atoms with Crippen molar-refractivity contribution in [2.24, 2.45) is 0 Å². The molecule has 1 nitrogen and oxygen atoms in total. The van der Waals surface area contributed by atoms with Crippen molar-refractivity contribution < 1.29 is 4.74 Å². The quantitative estimate of drug-likeness (QED) is 0.589. The average Bonchev–Trinajstić information content (AvgIpc) is 1.79. The van der Waals surface area contributed by atoms with E-state index in [1.165, 1.54) is 3.58 Å². The van der Waals surface area contributed by atoms with Gasteiger partial charge in [0.25, 0.3) is 0 Å². The van der Waals surface area contributed by atoms with Crippen molar-refractivity contribution in [3.63, 3.8) is 0 Å². The number of allylic oxidation sites excluding steroid dienone is 1. The van der Waals surface area contributed by atoms with Gasteiger partial charge in [-0.1, -0.05) is 0 Å². The monoisotopic (exact) mass is 238 g/mol. The Morgan fingerprint density at radius 2 is 2.11 bits per heavy atom. The molecule has 2 heteroatoms. The third-order valence-electron chi connectivity index (χ3n) is 1.39. The maximum Gasteiger partial charge on any atom is 0.108 e. The van der Waals surface area contributed by atoms with Crippen LogP contribution in [-0.4, -0.2) is 5.60 Å². The summed E-state index contributed by atoms with van der Waals surface area (Å²) in [5.74, 6) is 1.10. The van der Waals surface area contributed by atoms with E-state index in [-0.39, 0.29) is 5.60 Å². The maximum atomic E-state index is 5.53. The molecule has 1 heterocycles. The van der Waals surface area contributed by atoms with E-state index >= 15 is 0 Å². The van der Waals surface area contributed by atoms with E-state index in [2.05, 4.69) is 36.4 Å². The molecule has 1 rings (SSSR count). The summed E-state index contributed by atoms with van der Waals surface area (Å²) in [6.45, 7) is 6.25. The second-order valence-corrected chi connectivity index (χ2v) is 4.30. The van der Waals surface area contributed by atoms with Gasteiger partial charge in [0.1, 0.15) is 11.4 Å². The Morgan fingerprint density at radius 1 is 1.56 bits per heavy atom. The molecular weight excluding hydrogens is 227 g/mol. The summed E-state index contributed by atoms with van der Waals surface area (Å²) >= 11 is 2.34. The lowest BCUT2D eigenvalue weighted by Gasteiger charge is -2.17. The van der Waals surface area contributed by atoms with Crippen LogP contribution in [0, 0.1) is 0 Å². The van der Waals surface area contributed by atoms with Gasteiger partial charge in [0, 0.05) is 10.0 Å². The number of rotatable bonds is 0. The van der Waals surface area contributed by atoms with Crippen molar-refractivity contribution >= 4 is 22.6 Å². The molecule has 0 spiro atoms. The van der Waals surface area contributed by atoms with Crippen LogP contribution in [0.15, 0.2) is 9.34 Å². The second-order valence-electron chi connectivity index (χ2n) is 3.00. The lowest BCUT2D eigenvalue weighted by molar-refractivity contribution is 0.0626. The summed E-state index contributed by atoms with van der Waals surface area (Å²) < 4.78 is 6.89. The Balaban J connectivity index is 2.70. The topological polar surface area (TPSA) is 9.23 Å². The van der Waals surface area contributed by atoms with Crippen molar-refractivity contribution in [1.29, 1.82) is 0 Å². The van der Waals surface area contributed by atoms with E-state index in [4.69, 9.17) is 4.74 Å². The highest BCUT2D eigenvalue weighted by atomic mass is 127. The Morgan fingerprint density at radius 3 is 2.22 bits per heavy atom. The normalized spacial score (nSPS) is 24.4. The van der Waals surface area contributed by atoms with Crippen LogP contribution < -0.4 is 0 Å². The molecule has 0 bridgehead atoms. The van der Waals surface area contributed by atoms with Gasteiger partial charge >= 0.3 is 0 Å². The molecule has 0 radical (unpaired) electrons.